The minimum absolute atomic E-state index is 0.908. The third kappa shape index (κ3) is 4.03. The average Bonchev–Trinajstić information content (AvgIpc) is 3.76. The Morgan fingerprint density at radius 3 is 2.27 bits per heavy atom. The fourth-order valence-electron chi connectivity index (χ4n) is 6.56. The van der Waals surface area contributed by atoms with Gasteiger partial charge in [0.2, 0.25) is 0 Å². The Balaban J connectivity index is 1.28. The minimum atomic E-state index is 0.908. The van der Waals surface area contributed by atoms with Gasteiger partial charge in [-0.05, 0) is 71.2 Å². The summed E-state index contributed by atoms with van der Waals surface area (Å²) in [6.45, 7) is 2.22. The van der Waals surface area contributed by atoms with Crippen LogP contribution in [0.25, 0.3) is 43.7 Å². The van der Waals surface area contributed by atoms with Crippen LogP contribution < -0.4 is 4.90 Å². The number of hydrogen-bond acceptors (Lipinski definition) is 1. The first kappa shape index (κ1) is 23.8. The predicted octanol–water partition coefficient (Wildman–Crippen LogP) is 10.8. The van der Waals surface area contributed by atoms with Crippen LogP contribution >= 0.6 is 0 Å². The first-order valence-electron chi connectivity index (χ1n) is 14.4. The number of rotatable bonds is 5. The average molecular weight is 527 g/mol. The van der Waals surface area contributed by atoms with E-state index in [1.807, 2.05) is 0 Å². The molecular weight excluding hydrogens is 496 g/mol. The number of aromatic nitrogens is 1. The van der Waals surface area contributed by atoms with Crippen LogP contribution in [0.4, 0.5) is 11.4 Å². The number of fused-ring (bicyclic) bond motifs is 5. The number of nitrogens with zero attached hydrogens (tertiary/aromatic N) is 1. The van der Waals surface area contributed by atoms with Crippen molar-refractivity contribution in [3.05, 3.63) is 156 Å². The molecule has 2 nitrogen and oxygen atoms in total. The summed E-state index contributed by atoms with van der Waals surface area (Å²) >= 11 is 0. The fourth-order valence-corrected chi connectivity index (χ4v) is 6.56. The van der Waals surface area contributed by atoms with Crippen LogP contribution in [0.2, 0.25) is 0 Å². The van der Waals surface area contributed by atoms with Crippen molar-refractivity contribution in [3.8, 4) is 11.1 Å². The second-order valence-corrected chi connectivity index (χ2v) is 11.2. The van der Waals surface area contributed by atoms with Gasteiger partial charge in [0.1, 0.15) is 0 Å². The molecular formula is C39H30N2. The van der Waals surface area contributed by atoms with E-state index in [1.165, 1.54) is 66.3 Å². The van der Waals surface area contributed by atoms with E-state index in [4.69, 9.17) is 0 Å². The summed E-state index contributed by atoms with van der Waals surface area (Å²) in [7, 11) is 0. The maximum atomic E-state index is 3.74. The highest BCUT2D eigenvalue weighted by molar-refractivity contribution is 6.20. The Morgan fingerprint density at radius 1 is 0.610 bits per heavy atom. The molecule has 0 saturated carbocycles. The van der Waals surface area contributed by atoms with Gasteiger partial charge in [-0.15, -0.1) is 0 Å². The number of H-pyrrole nitrogens is 1. The molecule has 1 heterocycles. The van der Waals surface area contributed by atoms with E-state index in [1.54, 1.807) is 0 Å². The zero-order valence-corrected chi connectivity index (χ0v) is 23.1. The normalized spacial score (nSPS) is 14.9. The lowest BCUT2D eigenvalue weighted by Gasteiger charge is -2.29. The lowest BCUT2D eigenvalue weighted by atomic mass is 9.99. The molecule has 2 aliphatic rings. The van der Waals surface area contributed by atoms with Gasteiger partial charge in [0.25, 0.3) is 0 Å². The van der Waals surface area contributed by atoms with Gasteiger partial charge in [-0.2, -0.15) is 0 Å². The number of anilines is 2. The number of para-hydroxylation sites is 1. The molecule has 1 N–H and O–H groups in total. The van der Waals surface area contributed by atoms with Crippen molar-refractivity contribution >= 4 is 44.0 Å². The van der Waals surface area contributed by atoms with E-state index in [-0.39, 0.29) is 0 Å². The molecule has 2 heteroatoms. The quantitative estimate of drug-likeness (QED) is 0.237. The number of aromatic amines is 1. The molecule has 0 radical (unpaired) electrons. The van der Waals surface area contributed by atoms with E-state index >= 15 is 0 Å². The third-order valence-corrected chi connectivity index (χ3v) is 8.55. The van der Waals surface area contributed by atoms with Crippen molar-refractivity contribution in [1.29, 1.82) is 0 Å². The number of hydrogen-bond donors (Lipinski definition) is 1. The Labute approximate surface area is 240 Å². The van der Waals surface area contributed by atoms with Gasteiger partial charge in [0.05, 0.1) is 5.69 Å². The van der Waals surface area contributed by atoms with Crippen LogP contribution in [0.5, 0.6) is 0 Å². The molecule has 8 rings (SSSR count). The van der Waals surface area contributed by atoms with E-state index in [0.29, 0.717) is 0 Å². The highest BCUT2D eigenvalue weighted by Crippen LogP contribution is 2.44. The Hall–Kier alpha value is -5.08. The molecule has 41 heavy (non-hydrogen) atoms. The molecule has 5 aromatic carbocycles. The number of allylic oxidation sites excluding steroid dienone is 7. The second kappa shape index (κ2) is 9.53. The minimum Gasteiger partial charge on any atom is -0.354 e. The van der Waals surface area contributed by atoms with Gasteiger partial charge in [-0.3, -0.25) is 0 Å². The SMILES string of the molecule is CC1=CC=C(C2=CC=C(N(c3ccc4c(c3)[nH]c3ccc5ccccc5c34)c3ccccc3-c3ccccc3)C2)C1. The molecule has 6 aromatic rings. The van der Waals surface area contributed by atoms with Crippen molar-refractivity contribution in [1.82, 2.24) is 4.98 Å². The van der Waals surface area contributed by atoms with Crippen LogP contribution in [0.15, 0.2) is 156 Å². The Kier molecular flexibility index (Phi) is 5.53. The maximum Gasteiger partial charge on any atom is 0.0536 e. The highest BCUT2D eigenvalue weighted by Gasteiger charge is 2.24. The molecule has 0 saturated heterocycles. The van der Waals surface area contributed by atoms with E-state index in [9.17, 15) is 0 Å². The van der Waals surface area contributed by atoms with E-state index in [0.717, 1.165) is 24.0 Å². The van der Waals surface area contributed by atoms with Gasteiger partial charge >= 0.3 is 0 Å². The molecule has 196 valence electrons. The van der Waals surface area contributed by atoms with Crippen molar-refractivity contribution < 1.29 is 0 Å². The van der Waals surface area contributed by atoms with Crippen LogP contribution in [-0.2, 0) is 0 Å². The van der Waals surface area contributed by atoms with Gasteiger partial charge in [-0.25, -0.2) is 0 Å². The zero-order valence-electron chi connectivity index (χ0n) is 23.1. The van der Waals surface area contributed by atoms with Crippen molar-refractivity contribution in [2.45, 2.75) is 19.8 Å². The molecule has 0 unspecified atom stereocenters. The van der Waals surface area contributed by atoms with Gasteiger partial charge in [-0.1, -0.05) is 109 Å². The predicted molar refractivity (Wildman–Crippen MR) is 175 cm³/mol. The number of benzene rings is 5. The molecule has 2 aliphatic carbocycles. The molecule has 0 bridgehead atoms. The lowest BCUT2D eigenvalue weighted by molar-refractivity contribution is 1.04. The van der Waals surface area contributed by atoms with Crippen molar-refractivity contribution in [2.75, 3.05) is 4.90 Å². The smallest absolute Gasteiger partial charge is 0.0536 e. The molecule has 0 amide bonds. The summed E-state index contributed by atoms with van der Waals surface area (Å²) in [4.78, 5) is 6.20. The van der Waals surface area contributed by atoms with Crippen molar-refractivity contribution in [2.24, 2.45) is 0 Å². The highest BCUT2D eigenvalue weighted by atomic mass is 15.2. The van der Waals surface area contributed by atoms with Gasteiger partial charge < -0.3 is 9.88 Å². The van der Waals surface area contributed by atoms with E-state index < -0.39 is 0 Å². The topological polar surface area (TPSA) is 19.0 Å². The first-order valence-corrected chi connectivity index (χ1v) is 14.4. The summed E-state index contributed by atoms with van der Waals surface area (Å²) in [5.74, 6) is 0. The Bertz CT molecular complexity index is 2100. The first-order chi connectivity index (χ1) is 20.2. The molecule has 0 fully saturated rings. The fraction of sp³-hybridized carbons (Fsp3) is 0.0769. The third-order valence-electron chi connectivity index (χ3n) is 8.55. The molecule has 0 spiro atoms. The van der Waals surface area contributed by atoms with Crippen LogP contribution in [-0.4, -0.2) is 4.98 Å². The standard InChI is InChI=1S/C39H30N2/c1-26-15-16-29(23-26)30-17-19-31(24-30)41(38-14-8-7-12-33(38)27-9-3-2-4-10-27)32-20-21-35-37(25-32)40-36-22-18-28-11-5-6-13-34(28)39(35)36/h2-22,25,40H,23-24H2,1H3. The van der Waals surface area contributed by atoms with Crippen LogP contribution in [0.1, 0.15) is 19.8 Å². The summed E-state index contributed by atoms with van der Waals surface area (Å²) in [5, 5.41) is 5.11. The zero-order chi connectivity index (χ0) is 27.3. The summed E-state index contributed by atoms with van der Waals surface area (Å²) in [6.07, 6.45) is 11.1. The second-order valence-electron chi connectivity index (χ2n) is 11.2. The molecule has 0 aliphatic heterocycles. The Morgan fingerprint density at radius 2 is 1.39 bits per heavy atom. The van der Waals surface area contributed by atoms with Gasteiger partial charge in [0, 0.05) is 45.2 Å². The summed E-state index contributed by atoms with van der Waals surface area (Å²) in [6, 6.07) is 39.5. The van der Waals surface area contributed by atoms with Crippen LogP contribution in [0.3, 0.4) is 0 Å². The van der Waals surface area contributed by atoms with E-state index in [2.05, 4.69) is 150 Å². The van der Waals surface area contributed by atoms with Crippen LogP contribution in [0, 0.1) is 0 Å². The largest absolute Gasteiger partial charge is 0.354 e. The monoisotopic (exact) mass is 526 g/mol. The lowest BCUT2D eigenvalue weighted by Crippen LogP contribution is -2.17. The number of nitrogens with one attached hydrogen (secondary N) is 1. The molecule has 1 aromatic heterocycles. The van der Waals surface area contributed by atoms with Gasteiger partial charge in [0.15, 0.2) is 0 Å². The van der Waals surface area contributed by atoms with Crippen molar-refractivity contribution in [3.63, 3.8) is 0 Å². The molecule has 0 atom stereocenters. The maximum absolute atomic E-state index is 3.74. The summed E-state index contributed by atoms with van der Waals surface area (Å²) in [5.41, 5.74) is 12.7. The summed E-state index contributed by atoms with van der Waals surface area (Å²) < 4.78 is 0.